The van der Waals surface area contributed by atoms with Gasteiger partial charge in [0, 0.05) is 9.26 Å². The van der Waals surface area contributed by atoms with Gasteiger partial charge in [-0.25, -0.2) is 0 Å². The molecule has 3 heteroatoms. The van der Waals surface area contributed by atoms with Gasteiger partial charge in [0.15, 0.2) is 0 Å². The number of rotatable bonds is 2. The van der Waals surface area contributed by atoms with Gasteiger partial charge in [-0.1, -0.05) is 30.3 Å². The fraction of sp³-hybridized carbons (Fsp3) is 0.133. The second kappa shape index (κ2) is 4.72. The predicted octanol–water partition coefficient (Wildman–Crippen LogP) is 3.77. The van der Waals surface area contributed by atoms with Crippen LogP contribution >= 0.6 is 22.6 Å². The molecule has 1 atom stereocenters. The molecule has 1 aliphatic heterocycles. The third kappa shape index (κ3) is 2.03. The average Bonchev–Trinajstić information content (AvgIpc) is 2.38. The topological polar surface area (TPSA) is 20.3 Å². The van der Waals surface area contributed by atoms with Gasteiger partial charge in [0.1, 0.15) is 0 Å². The SMILES string of the molecule is O=C1CC(c2ccc(I)cc2)N1c1ccccc1. The summed E-state index contributed by atoms with van der Waals surface area (Å²) in [6.07, 6.45) is 0.607. The number of hydrogen-bond acceptors (Lipinski definition) is 1. The molecule has 1 saturated heterocycles. The van der Waals surface area contributed by atoms with E-state index in [1.54, 1.807) is 0 Å². The molecule has 0 aliphatic carbocycles. The molecule has 0 N–H and O–H groups in total. The van der Waals surface area contributed by atoms with E-state index in [1.165, 1.54) is 9.13 Å². The van der Waals surface area contributed by atoms with E-state index in [0.29, 0.717) is 6.42 Å². The lowest BCUT2D eigenvalue weighted by Crippen LogP contribution is -2.46. The van der Waals surface area contributed by atoms with Crippen LogP contribution in [0.1, 0.15) is 18.0 Å². The summed E-state index contributed by atoms with van der Waals surface area (Å²) in [5, 5.41) is 0. The van der Waals surface area contributed by atoms with Crippen molar-refractivity contribution >= 4 is 34.2 Å². The van der Waals surface area contributed by atoms with Gasteiger partial charge in [-0.15, -0.1) is 0 Å². The minimum Gasteiger partial charge on any atom is -0.304 e. The number of benzene rings is 2. The van der Waals surface area contributed by atoms with Gasteiger partial charge in [0.25, 0.3) is 0 Å². The molecule has 1 amide bonds. The molecule has 2 nitrogen and oxygen atoms in total. The van der Waals surface area contributed by atoms with Gasteiger partial charge in [-0.3, -0.25) is 4.79 Å². The molecule has 0 aromatic heterocycles. The molecule has 1 unspecified atom stereocenters. The Hall–Kier alpha value is -1.36. The molecular weight excluding hydrogens is 337 g/mol. The van der Waals surface area contributed by atoms with Gasteiger partial charge in [-0.2, -0.15) is 0 Å². The second-order valence-corrected chi connectivity index (χ2v) is 5.62. The Morgan fingerprint density at radius 2 is 1.67 bits per heavy atom. The van der Waals surface area contributed by atoms with Crippen LogP contribution in [0, 0.1) is 3.57 Å². The number of anilines is 1. The summed E-state index contributed by atoms with van der Waals surface area (Å²) in [7, 11) is 0. The highest BCUT2D eigenvalue weighted by Gasteiger charge is 2.37. The van der Waals surface area contributed by atoms with Gasteiger partial charge in [0.2, 0.25) is 5.91 Å². The first-order chi connectivity index (χ1) is 8.75. The van der Waals surface area contributed by atoms with Crippen LogP contribution in [0.3, 0.4) is 0 Å². The summed E-state index contributed by atoms with van der Waals surface area (Å²) < 4.78 is 1.22. The Kier molecular flexibility index (Phi) is 3.07. The van der Waals surface area contributed by atoms with Crippen molar-refractivity contribution in [1.29, 1.82) is 0 Å². The molecule has 1 heterocycles. The monoisotopic (exact) mass is 349 g/mol. The van der Waals surface area contributed by atoms with Crippen molar-refractivity contribution in [2.24, 2.45) is 0 Å². The van der Waals surface area contributed by atoms with E-state index in [2.05, 4.69) is 46.9 Å². The summed E-state index contributed by atoms with van der Waals surface area (Å²) >= 11 is 2.29. The van der Waals surface area contributed by atoms with Crippen molar-refractivity contribution in [3.8, 4) is 0 Å². The number of para-hydroxylation sites is 1. The summed E-state index contributed by atoms with van der Waals surface area (Å²) in [5.74, 6) is 0.199. The standard InChI is InChI=1S/C15H12INO/c16-12-8-6-11(7-9-12)14-10-15(18)17(14)13-4-2-1-3-5-13/h1-9,14H,10H2. The fourth-order valence-electron chi connectivity index (χ4n) is 2.28. The van der Waals surface area contributed by atoms with Gasteiger partial charge in [0.05, 0.1) is 12.5 Å². The summed E-state index contributed by atoms with van der Waals surface area (Å²) in [6.45, 7) is 0. The molecule has 0 radical (unpaired) electrons. The van der Waals surface area contributed by atoms with Crippen LogP contribution in [0.5, 0.6) is 0 Å². The number of hydrogen-bond donors (Lipinski definition) is 0. The van der Waals surface area contributed by atoms with E-state index in [9.17, 15) is 4.79 Å². The van der Waals surface area contributed by atoms with Crippen LogP contribution in [-0.2, 0) is 4.79 Å². The highest BCUT2D eigenvalue weighted by Crippen LogP contribution is 2.38. The number of carbonyl (C=O) groups is 1. The van der Waals surface area contributed by atoms with Crippen molar-refractivity contribution in [2.45, 2.75) is 12.5 Å². The molecule has 3 rings (SSSR count). The van der Waals surface area contributed by atoms with Gasteiger partial charge >= 0.3 is 0 Å². The first-order valence-corrected chi connectivity index (χ1v) is 6.96. The van der Waals surface area contributed by atoms with Crippen LogP contribution in [-0.4, -0.2) is 5.91 Å². The highest BCUT2D eigenvalue weighted by atomic mass is 127. The molecule has 90 valence electrons. The van der Waals surface area contributed by atoms with E-state index in [4.69, 9.17) is 0 Å². The Balaban J connectivity index is 1.90. The number of amides is 1. The molecule has 1 fully saturated rings. The number of carbonyl (C=O) groups excluding carboxylic acids is 1. The molecule has 0 saturated carbocycles. The van der Waals surface area contributed by atoms with Gasteiger partial charge < -0.3 is 4.90 Å². The largest absolute Gasteiger partial charge is 0.304 e. The zero-order valence-electron chi connectivity index (χ0n) is 9.71. The number of nitrogens with zero attached hydrogens (tertiary/aromatic N) is 1. The lowest BCUT2D eigenvalue weighted by Gasteiger charge is -2.40. The molecule has 0 bridgehead atoms. The smallest absolute Gasteiger partial charge is 0.230 e. The van der Waals surface area contributed by atoms with Crippen molar-refractivity contribution < 1.29 is 4.79 Å². The van der Waals surface area contributed by atoms with Crippen LogP contribution in [0.4, 0.5) is 5.69 Å². The van der Waals surface area contributed by atoms with E-state index < -0.39 is 0 Å². The van der Waals surface area contributed by atoms with E-state index in [-0.39, 0.29) is 11.9 Å². The van der Waals surface area contributed by atoms with Crippen molar-refractivity contribution in [2.75, 3.05) is 4.90 Å². The fourth-order valence-corrected chi connectivity index (χ4v) is 2.64. The maximum atomic E-state index is 11.8. The average molecular weight is 349 g/mol. The van der Waals surface area contributed by atoms with Crippen molar-refractivity contribution in [3.63, 3.8) is 0 Å². The Labute approximate surface area is 120 Å². The summed E-state index contributed by atoms with van der Waals surface area (Å²) in [4.78, 5) is 13.7. The lowest BCUT2D eigenvalue weighted by atomic mass is 9.93. The Bertz CT molecular complexity index is 565. The van der Waals surface area contributed by atoms with Crippen molar-refractivity contribution in [1.82, 2.24) is 0 Å². The normalized spacial score (nSPS) is 18.6. The quantitative estimate of drug-likeness (QED) is 0.597. The lowest BCUT2D eigenvalue weighted by molar-refractivity contribution is -0.124. The number of halogens is 1. The maximum Gasteiger partial charge on any atom is 0.230 e. The third-order valence-electron chi connectivity index (χ3n) is 3.24. The van der Waals surface area contributed by atoms with Crippen LogP contribution < -0.4 is 4.90 Å². The first-order valence-electron chi connectivity index (χ1n) is 5.88. The Morgan fingerprint density at radius 1 is 1.00 bits per heavy atom. The minimum atomic E-state index is 0.192. The predicted molar refractivity (Wildman–Crippen MR) is 80.4 cm³/mol. The zero-order valence-corrected chi connectivity index (χ0v) is 11.9. The third-order valence-corrected chi connectivity index (χ3v) is 3.96. The molecule has 0 spiro atoms. The summed E-state index contributed by atoms with van der Waals surface area (Å²) in [6, 6.07) is 18.4. The molecule has 2 aromatic carbocycles. The van der Waals surface area contributed by atoms with Crippen LogP contribution in [0.15, 0.2) is 54.6 Å². The molecule has 2 aromatic rings. The van der Waals surface area contributed by atoms with E-state index >= 15 is 0 Å². The summed E-state index contributed by atoms with van der Waals surface area (Å²) in [5.41, 5.74) is 2.19. The van der Waals surface area contributed by atoms with Crippen LogP contribution in [0.25, 0.3) is 0 Å². The Morgan fingerprint density at radius 3 is 2.28 bits per heavy atom. The van der Waals surface area contributed by atoms with Crippen molar-refractivity contribution in [3.05, 3.63) is 63.7 Å². The molecule has 1 aliphatic rings. The van der Waals surface area contributed by atoms with Crippen LogP contribution in [0.2, 0.25) is 0 Å². The second-order valence-electron chi connectivity index (χ2n) is 4.37. The number of β-lactam (4-membered cyclic amide) rings is 1. The van der Waals surface area contributed by atoms with E-state index in [1.807, 2.05) is 35.2 Å². The molecular formula is C15H12INO. The zero-order chi connectivity index (χ0) is 12.5. The molecule has 18 heavy (non-hydrogen) atoms. The first kappa shape index (κ1) is 11.7. The minimum absolute atomic E-state index is 0.192. The highest BCUT2D eigenvalue weighted by molar-refractivity contribution is 14.1. The maximum absolute atomic E-state index is 11.8. The van der Waals surface area contributed by atoms with Gasteiger partial charge in [-0.05, 0) is 52.4 Å². The van der Waals surface area contributed by atoms with E-state index in [0.717, 1.165) is 5.69 Å².